The van der Waals surface area contributed by atoms with E-state index in [1.807, 2.05) is 0 Å². The lowest BCUT2D eigenvalue weighted by molar-refractivity contribution is 0.686. The van der Waals surface area contributed by atoms with Crippen molar-refractivity contribution >= 4 is 0 Å². The number of hydrogen-bond acceptors (Lipinski definition) is 0. The van der Waals surface area contributed by atoms with Crippen LogP contribution in [0.5, 0.6) is 0 Å². The molecule has 0 fully saturated rings. The van der Waals surface area contributed by atoms with Gasteiger partial charge in [-0.25, -0.2) is 0 Å². The van der Waals surface area contributed by atoms with Gasteiger partial charge in [0.15, 0.2) is 0 Å². The van der Waals surface area contributed by atoms with Gasteiger partial charge in [-0.3, -0.25) is 0 Å². The second-order valence-electron chi connectivity index (χ2n) is 0.707. The summed E-state index contributed by atoms with van der Waals surface area (Å²) in [5.74, 6) is 0. The molecule has 0 N–H and O–H groups in total. The lowest BCUT2D eigenvalue weighted by Crippen LogP contribution is -1.27. The minimum atomic E-state index is 0. The van der Waals surface area contributed by atoms with Crippen LogP contribution in [0.2, 0.25) is 0 Å². The largest absolute Gasteiger partial charge is 0.0656 e. The zero-order valence-electron chi connectivity index (χ0n) is 3.56. The van der Waals surface area contributed by atoms with E-state index in [0.29, 0.717) is 0 Å². The smallest absolute Gasteiger partial charge is 0 e. The second-order valence-corrected chi connectivity index (χ2v) is 0.707. The standard InChI is InChI=1S/C3H8.N.O/c1-3-2;;/h3H2,1-2H3;;. The third-order valence-electron chi connectivity index (χ3n) is 0. The molecule has 2 heteroatoms. The van der Waals surface area contributed by atoms with E-state index in [-0.39, 0.29) is 11.6 Å². The molecule has 31 valence electrons. The van der Waals surface area contributed by atoms with Gasteiger partial charge < -0.3 is 0 Å². The summed E-state index contributed by atoms with van der Waals surface area (Å²) in [4.78, 5) is 0. The first-order chi connectivity index (χ1) is 1.41. The van der Waals surface area contributed by atoms with E-state index >= 15 is 0 Å². The Morgan fingerprint density at radius 3 is 1.20 bits per heavy atom. The van der Waals surface area contributed by atoms with Gasteiger partial charge in [0.05, 0.1) is 0 Å². The first kappa shape index (κ1) is 20.5. The van der Waals surface area contributed by atoms with Gasteiger partial charge in [0, 0.05) is 11.6 Å². The first-order valence-corrected chi connectivity index (χ1v) is 1.41. The molecule has 0 aliphatic rings. The lowest BCUT2D eigenvalue weighted by atomic mass is 10.6. The molecule has 0 spiro atoms. The van der Waals surface area contributed by atoms with E-state index < -0.39 is 0 Å². The molecule has 5 heavy (non-hydrogen) atoms. The van der Waals surface area contributed by atoms with Gasteiger partial charge in [-0.05, 0) is 0 Å². The third-order valence-corrected chi connectivity index (χ3v) is 0. The van der Waals surface area contributed by atoms with Crippen LogP contribution in [0.1, 0.15) is 20.3 Å². The van der Waals surface area contributed by atoms with Crippen molar-refractivity contribution in [2.75, 3.05) is 0 Å². The summed E-state index contributed by atoms with van der Waals surface area (Å²) in [6, 6.07) is 0. The van der Waals surface area contributed by atoms with Gasteiger partial charge in [0.25, 0.3) is 0 Å². The predicted octanol–water partition coefficient (Wildman–Crippen LogP) is 0.817. The molecule has 2 nitrogen and oxygen atoms in total. The molecule has 0 unspecified atom stereocenters. The second kappa shape index (κ2) is 39.5. The van der Waals surface area contributed by atoms with Crippen LogP contribution in [0, 0.1) is 0 Å². The minimum Gasteiger partial charge on any atom is -0.0656 e. The lowest BCUT2D eigenvalue weighted by Gasteiger charge is -1.48. The van der Waals surface area contributed by atoms with Gasteiger partial charge in [-0.15, -0.1) is 0 Å². The predicted molar refractivity (Wildman–Crippen MR) is 18.8 cm³/mol. The third kappa shape index (κ3) is 2260. The van der Waals surface area contributed by atoms with Gasteiger partial charge in [-0.1, -0.05) is 20.3 Å². The summed E-state index contributed by atoms with van der Waals surface area (Å²) in [7, 11) is 0. The Morgan fingerprint density at radius 2 is 1.20 bits per heavy atom. The molecule has 0 saturated carbocycles. The molecule has 0 aliphatic carbocycles. The van der Waals surface area contributed by atoms with Crippen LogP contribution < -0.4 is 6.15 Å². The molecular weight excluding hydrogens is 66.0 g/mol. The maximum Gasteiger partial charge on any atom is 0 e. The van der Waals surface area contributed by atoms with E-state index in [9.17, 15) is 0 Å². The highest BCUT2D eigenvalue weighted by Gasteiger charge is 1.35. The quantitative estimate of drug-likeness (QED) is 0.408. The summed E-state index contributed by atoms with van der Waals surface area (Å²) in [5.41, 5.74) is 0. The Morgan fingerprint density at radius 1 is 1.20 bits per heavy atom. The van der Waals surface area contributed by atoms with E-state index in [1.54, 1.807) is 0 Å². The molecule has 0 aromatic rings. The van der Waals surface area contributed by atoms with Crippen LogP contribution in [0.25, 0.3) is 0 Å². The maximum atomic E-state index is 2.12. The Balaban J connectivity index is -0.0000000200. The molecule has 0 rings (SSSR count). The van der Waals surface area contributed by atoms with Crippen molar-refractivity contribution in [1.29, 1.82) is 0 Å². The summed E-state index contributed by atoms with van der Waals surface area (Å²) >= 11 is 0. The highest BCUT2D eigenvalue weighted by molar-refractivity contribution is 3.92. The number of hydrogen-bond donors (Lipinski definition) is 0. The Kier molecular flexibility index (Phi) is 162. The SMILES string of the molecule is CCC.[N].[O]. The highest BCUT2D eigenvalue weighted by atomic mass is 16.0. The Hall–Kier alpha value is -0.0800. The summed E-state index contributed by atoms with van der Waals surface area (Å²) in [6.45, 7) is 4.25. The van der Waals surface area contributed by atoms with Crippen LogP contribution >= 0.6 is 0 Å². The fraction of sp³-hybridized carbons (Fsp3) is 1.00. The first-order valence-electron chi connectivity index (χ1n) is 1.41. The highest BCUT2D eigenvalue weighted by Crippen LogP contribution is 1.56. The number of rotatable bonds is 0. The average molecular weight is 74.1 g/mol. The van der Waals surface area contributed by atoms with Crippen molar-refractivity contribution in [2.24, 2.45) is 0 Å². The molecular formula is C3H8NO. The van der Waals surface area contributed by atoms with Crippen LogP contribution in [0.15, 0.2) is 0 Å². The van der Waals surface area contributed by atoms with Crippen molar-refractivity contribution in [1.82, 2.24) is 6.15 Å². The van der Waals surface area contributed by atoms with E-state index in [4.69, 9.17) is 0 Å². The topological polar surface area (TPSA) is 59.0 Å². The minimum absolute atomic E-state index is 0. The fourth-order valence-electron chi connectivity index (χ4n) is 0. The van der Waals surface area contributed by atoms with Gasteiger partial charge >= 0.3 is 0 Å². The normalized spacial score (nSPS) is 3.60. The van der Waals surface area contributed by atoms with Gasteiger partial charge in [-0.2, -0.15) is 0 Å². The fourth-order valence-corrected chi connectivity index (χ4v) is 0. The van der Waals surface area contributed by atoms with E-state index in [2.05, 4.69) is 13.8 Å². The van der Waals surface area contributed by atoms with Crippen molar-refractivity contribution in [3.8, 4) is 0 Å². The Bertz CT molecular complexity index is 6.85. The molecule has 0 atom stereocenters. The molecule has 0 heterocycles. The zero-order valence-corrected chi connectivity index (χ0v) is 3.56. The van der Waals surface area contributed by atoms with Crippen LogP contribution in [0.4, 0.5) is 0 Å². The zero-order chi connectivity index (χ0) is 2.71. The molecule has 0 bridgehead atoms. The monoisotopic (exact) mass is 74.1 g/mol. The molecule has 0 amide bonds. The Labute approximate surface area is 33.1 Å². The van der Waals surface area contributed by atoms with Crippen LogP contribution in [0.3, 0.4) is 0 Å². The number of nitrogens with zero attached hydrogens (tertiary/aromatic N) is 1. The van der Waals surface area contributed by atoms with Crippen molar-refractivity contribution in [3.05, 3.63) is 0 Å². The van der Waals surface area contributed by atoms with Crippen molar-refractivity contribution in [2.45, 2.75) is 20.3 Å². The average Bonchev–Trinajstić information content (AvgIpc) is 0.918. The maximum absolute atomic E-state index is 2.12. The molecule has 0 aliphatic heterocycles. The summed E-state index contributed by atoms with van der Waals surface area (Å²) in [5, 5.41) is 0. The van der Waals surface area contributed by atoms with Gasteiger partial charge in [0.2, 0.25) is 0 Å². The molecule has 5 radical (unpaired) electrons. The van der Waals surface area contributed by atoms with Gasteiger partial charge in [0.1, 0.15) is 0 Å². The summed E-state index contributed by atoms with van der Waals surface area (Å²) in [6.07, 6.45) is 1.25. The molecule has 0 aromatic heterocycles. The molecule has 0 aromatic carbocycles. The van der Waals surface area contributed by atoms with E-state index in [1.165, 1.54) is 6.42 Å². The van der Waals surface area contributed by atoms with Crippen molar-refractivity contribution in [3.63, 3.8) is 0 Å². The summed E-state index contributed by atoms with van der Waals surface area (Å²) < 4.78 is 0. The molecule has 0 saturated heterocycles. The van der Waals surface area contributed by atoms with E-state index in [0.717, 1.165) is 0 Å². The van der Waals surface area contributed by atoms with Crippen LogP contribution in [-0.2, 0) is 5.48 Å². The van der Waals surface area contributed by atoms with Crippen molar-refractivity contribution < 1.29 is 5.48 Å². The van der Waals surface area contributed by atoms with Crippen LogP contribution in [-0.4, -0.2) is 0 Å².